The van der Waals surface area contributed by atoms with E-state index in [0.29, 0.717) is 12.5 Å². The molecule has 2 aromatic rings. The highest BCUT2D eigenvalue weighted by Crippen LogP contribution is 2.25. The molecule has 1 aromatic heterocycles. The SMILES string of the molecule is COc1ccc(C(C)(C)C(=O)NCCc2nc(C(C)C)cs2)cc1. The molecule has 0 saturated heterocycles. The van der Waals surface area contributed by atoms with E-state index in [0.717, 1.165) is 28.4 Å². The molecule has 1 aromatic carbocycles. The number of rotatable bonds is 7. The molecular formula is C19H26N2O2S. The third-order valence-electron chi connectivity index (χ3n) is 4.16. The first kappa shape index (κ1) is 18.5. The summed E-state index contributed by atoms with van der Waals surface area (Å²) < 4.78 is 5.17. The van der Waals surface area contributed by atoms with Gasteiger partial charge in [0.25, 0.3) is 0 Å². The van der Waals surface area contributed by atoms with Crippen molar-refractivity contribution in [3.8, 4) is 5.75 Å². The van der Waals surface area contributed by atoms with Gasteiger partial charge in [0.15, 0.2) is 0 Å². The zero-order valence-corrected chi connectivity index (χ0v) is 15.9. The van der Waals surface area contributed by atoms with Gasteiger partial charge in [0.05, 0.1) is 23.2 Å². The highest BCUT2D eigenvalue weighted by molar-refractivity contribution is 7.09. The fourth-order valence-electron chi connectivity index (χ4n) is 2.35. The molecule has 2 rings (SSSR count). The Morgan fingerprint density at radius 3 is 2.50 bits per heavy atom. The number of ether oxygens (including phenoxy) is 1. The van der Waals surface area contributed by atoms with E-state index in [-0.39, 0.29) is 5.91 Å². The maximum absolute atomic E-state index is 12.6. The Kier molecular flexibility index (Phi) is 5.99. The Bertz CT molecular complexity index is 675. The van der Waals surface area contributed by atoms with E-state index in [1.54, 1.807) is 18.4 Å². The number of carbonyl (C=O) groups excluding carboxylic acids is 1. The van der Waals surface area contributed by atoms with E-state index in [9.17, 15) is 4.79 Å². The summed E-state index contributed by atoms with van der Waals surface area (Å²) in [6.07, 6.45) is 0.766. The van der Waals surface area contributed by atoms with Crippen molar-refractivity contribution in [3.63, 3.8) is 0 Å². The zero-order valence-electron chi connectivity index (χ0n) is 15.1. The Morgan fingerprint density at radius 1 is 1.29 bits per heavy atom. The topological polar surface area (TPSA) is 51.2 Å². The van der Waals surface area contributed by atoms with Crippen molar-refractivity contribution >= 4 is 17.2 Å². The number of amides is 1. The summed E-state index contributed by atoms with van der Waals surface area (Å²) in [5.74, 6) is 1.26. The lowest BCUT2D eigenvalue weighted by molar-refractivity contribution is -0.125. The Labute approximate surface area is 148 Å². The second-order valence-corrected chi connectivity index (χ2v) is 7.62. The minimum Gasteiger partial charge on any atom is -0.497 e. The fourth-order valence-corrected chi connectivity index (χ4v) is 3.31. The fraction of sp³-hybridized carbons (Fsp3) is 0.474. The molecular weight excluding hydrogens is 320 g/mol. The van der Waals surface area contributed by atoms with Crippen LogP contribution in [0.4, 0.5) is 0 Å². The van der Waals surface area contributed by atoms with Gasteiger partial charge in [0.2, 0.25) is 5.91 Å². The van der Waals surface area contributed by atoms with Crippen molar-refractivity contribution in [1.82, 2.24) is 10.3 Å². The summed E-state index contributed by atoms with van der Waals surface area (Å²) in [7, 11) is 1.64. The molecule has 5 heteroatoms. The lowest BCUT2D eigenvalue weighted by atomic mass is 9.83. The molecule has 0 fully saturated rings. The summed E-state index contributed by atoms with van der Waals surface area (Å²) in [6.45, 7) is 8.74. The second-order valence-electron chi connectivity index (χ2n) is 6.68. The van der Waals surface area contributed by atoms with Crippen LogP contribution in [0.1, 0.15) is 49.9 Å². The number of aromatic nitrogens is 1. The quantitative estimate of drug-likeness (QED) is 0.827. The molecule has 0 unspecified atom stereocenters. The van der Waals surface area contributed by atoms with Gasteiger partial charge in [-0.15, -0.1) is 11.3 Å². The number of carbonyl (C=O) groups is 1. The Morgan fingerprint density at radius 2 is 1.96 bits per heavy atom. The molecule has 4 nitrogen and oxygen atoms in total. The molecule has 0 bridgehead atoms. The number of thiazole rings is 1. The van der Waals surface area contributed by atoms with Crippen molar-refractivity contribution < 1.29 is 9.53 Å². The van der Waals surface area contributed by atoms with Gasteiger partial charge < -0.3 is 10.1 Å². The van der Waals surface area contributed by atoms with Gasteiger partial charge in [-0.2, -0.15) is 0 Å². The third-order valence-corrected chi connectivity index (χ3v) is 5.09. The molecule has 0 radical (unpaired) electrons. The average molecular weight is 346 g/mol. The molecule has 0 aliphatic carbocycles. The summed E-state index contributed by atoms with van der Waals surface area (Å²) in [5.41, 5.74) is 1.51. The summed E-state index contributed by atoms with van der Waals surface area (Å²) >= 11 is 1.66. The number of nitrogens with one attached hydrogen (secondary N) is 1. The van der Waals surface area contributed by atoms with E-state index < -0.39 is 5.41 Å². The van der Waals surface area contributed by atoms with Crippen LogP contribution in [0.25, 0.3) is 0 Å². The van der Waals surface area contributed by atoms with Crippen LogP contribution in [0.3, 0.4) is 0 Å². The number of hydrogen-bond acceptors (Lipinski definition) is 4. The number of methoxy groups -OCH3 is 1. The van der Waals surface area contributed by atoms with Crippen LogP contribution < -0.4 is 10.1 Å². The lowest BCUT2D eigenvalue weighted by Gasteiger charge is -2.24. The molecule has 1 heterocycles. The van der Waals surface area contributed by atoms with Crippen molar-refractivity contribution in [2.45, 2.75) is 45.4 Å². The van der Waals surface area contributed by atoms with Crippen LogP contribution in [0.2, 0.25) is 0 Å². The van der Waals surface area contributed by atoms with Crippen molar-refractivity contribution in [3.05, 3.63) is 45.9 Å². The van der Waals surface area contributed by atoms with E-state index in [1.165, 1.54) is 0 Å². The predicted octanol–water partition coefficient (Wildman–Crippen LogP) is 3.91. The molecule has 130 valence electrons. The Hall–Kier alpha value is -1.88. The molecule has 0 aliphatic rings. The van der Waals surface area contributed by atoms with Crippen LogP contribution in [0.15, 0.2) is 29.6 Å². The zero-order chi connectivity index (χ0) is 17.7. The highest BCUT2D eigenvalue weighted by atomic mass is 32.1. The van der Waals surface area contributed by atoms with Crippen molar-refractivity contribution in [1.29, 1.82) is 0 Å². The van der Waals surface area contributed by atoms with Gasteiger partial charge in [-0.05, 0) is 37.5 Å². The number of hydrogen-bond donors (Lipinski definition) is 1. The maximum Gasteiger partial charge on any atom is 0.230 e. The predicted molar refractivity (Wildman–Crippen MR) is 98.9 cm³/mol. The first-order valence-electron chi connectivity index (χ1n) is 8.21. The smallest absolute Gasteiger partial charge is 0.230 e. The van der Waals surface area contributed by atoms with Gasteiger partial charge in [0, 0.05) is 18.3 Å². The first-order chi connectivity index (χ1) is 11.3. The van der Waals surface area contributed by atoms with Crippen LogP contribution in [-0.4, -0.2) is 24.5 Å². The number of nitrogens with zero attached hydrogens (tertiary/aromatic N) is 1. The molecule has 1 amide bonds. The largest absolute Gasteiger partial charge is 0.497 e. The molecule has 0 atom stereocenters. The van der Waals surface area contributed by atoms with Crippen LogP contribution >= 0.6 is 11.3 Å². The van der Waals surface area contributed by atoms with Gasteiger partial charge >= 0.3 is 0 Å². The molecule has 1 N–H and O–H groups in total. The minimum atomic E-state index is -0.585. The van der Waals surface area contributed by atoms with Crippen LogP contribution in [0.5, 0.6) is 5.75 Å². The first-order valence-corrected chi connectivity index (χ1v) is 9.09. The summed E-state index contributed by atoms with van der Waals surface area (Å²) in [5, 5.41) is 6.20. The molecule has 0 aliphatic heterocycles. The second kappa shape index (κ2) is 7.79. The van der Waals surface area contributed by atoms with Gasteiger partial charge in [-0.25, -0.2) is 4.98 Å². The standard InChI is InChI=1S/C19H26N2O2S/c1-13(2)16-12-24-17(21-16)10-11-20-18(22)19(3,4)14-6-8-15(23-5)9-7-14/h6-9,12-13H,10-11H2,1-5H3,(H,20,22). The van der Waals surface area contributed by atoms with Crippen molar-refractivity contribution in [2.24, 2.45) is 0 Å². The molecule has 0 spiro atoms. The van der Waals surface area contributed by atoms with Gasteiger partial charge in [-0.1, -0.05) is 26.0 Å². The van der Waals surface area contributed by atoms with Gasteiger partial charge in [0.1, 0.15) is 5.75 Å². The van der Waals surface area contributed by atoms with Crippen LogP contribution in [0, 0.1) is 0 Å². The van der Waals surface area contributed by atoms with E-state index in [4.69, 9.17) is 4.74 Å². The monoisotopic (exact) mass is 346 g/mol. The average Bonchev–Trinajstić information content (AvgIpc) is 3.04. The maximum atomic E-state index is 12.6. The number of benzene rings is 1. The van der Waals surface area contributed by atoms with E-state index in [2.05, 4.69) is 29.5 Å². The normalized spacial score (nSPS) is 11.6. The van der Waals surface area contributed by atoms with Crippen molar-refractivity contribution in [2.75, 3.05) is 13.7 Å². The van der Waals surface area contributed by atoms with E-state index >= 15 is 0 Å². The van der Waals surface area contributed by atoms with E-state index in [1.807, 2.05) is 38.1 Å². The highest BCUT2D eigenvalue weighted by Gasteiger charge is 2.29. The minimum absolute atomic E-state index is 0.0216. The molecule has 0 saturated carbocycles. The van der Waals surface area contributed by atoms with Crippen LogP contribution in [-0.2, 0) is 16.6 Å². The molecule has 24 heavy (non-hydrogen) atoms. The Balaban J connectivity index is 1.92. The summed E-state index contributed by atoms with van der Waals surface area (Å²) in [6, 6.07) is 7.64. The van der Waals surface area contributed by atoms with Gasteiger partial charge in [-0.3, -0.25) is 4.79 Å². The summed E-state index contributed by atoms with van der Waals surface area (Å²) in [4.78, 5) is 17.2. The third kappa shape index (κ3) is 4.35. The lowest BCUT2D eigenvalue weighted by Crippen LogP contribution is -2.40.